The van der Waals surface area contributed by atoms with Crippen LogP contribution in [0.25, 0.3) is 11.8 Å². The van der Waals surface area contributed by atoms with Gasteiger partial charge in [-0.25, -0.2) is 9.07 Å². The van der Waals surface area contributed by atoms with Crippen LogP contribution in [0.4, 0.5) is 4.39 Å². The van der Waals surface area contributed by atoms with Gasteiger partial charge in [0.1, 0.15) is 19.0 Å². The van der Waals surface area contributed by atoms with Gasteiger partial charge in [-0.3, -0.25) is 4.79 Å². The van der Waals surface area contributed by atoms with Crippen LogP contribution in [-0.4, -0.2) is 35.9 Å². The first-order chi connectivity index (χ1) is 14.1. The van der Waals surface area contributed by atoms with Crippen LogP contribution >= 0.6 is 0 Å². The number of methoxy groups -OCH3 is 1. The minimum atomic E-state index is -0.326. The van der Waals surface area contributed by atoms with Gasteiger partial charge < -0.3 is 14.2 Å². The maximum Gasteiger partial charge on any atom is 0.203 e. The first-order valence-electron chi connectivity index (χ1n) is 9.07. The van der Waals surface area contributed by atoms with E-state index in [4.69, 9.17) is 14.2 Å². The first-order valence-corrected chi connectivity index (χ1v) is 9.07. The van der Waals surface area contributed by atoms with Gasteiger partial charge in [-0.15, -0.1) is 0 Å². The lowest BCUT2D eigenvalue weighted by Gasteiger charge is -2.20. The standard InChI is InChI=1S/C22H19FN2O4/c1-14-18(13-24-25(14)17-6-4-16(23)5-7-17)19(26)8-3-15-11-20(27-2)22-21(12-15)28-9-10-29-22/h3-8,11-13H,9-10H2,1-2H3/b8-3+. The molecule has 2 aromatic carbocycles. The zero-order valence-corrected chi connectivity index (χ0v) is 16.0. The van der Waals surface area contributed by atoms with E-state index in [1.54, 1.807) is 49.1 Å². The molecule has 0 unspecified atom stereocenters. The molecule has 0 atom stereocenters. The van der Waals surface area contributed by atoms with Crippen LogP contribution in [0.2, 0.25) is 0 Å². The van der Waals surface area contributed by atoms with Crippen LogP contribution in [0.15, 0.2) is 48.7 Å². The van der Waals surface area contributed by atoms with Crippen molar-refractivity contribution in [2.24, 2.45) is 0 Å². The third-order valence-electron chi connectivity index (χ3n) is 4.62. The Kier molecular flexibility index (Phi) is 5.03. The SMILES string of the molecule is COc1cc(/C=C/C(=O)c2cnn(-c3ccc(F)cc3)c2C)cc2c1OCCO2. The van der Waals surface area contributed by atoms with Crippen molar-refractivity contribution in [3.05, 3.63) is 71.3 Å². The molecule has 0 saturated carbocycles. The number of carbonyl (C=O) groups excluding carboxylic acids is 1. The molecule has 7 heteroatoms. The Morgan fingerprint density at radius 3 is 2.72 bits per heavy atom. The molecule has 2 heterocycles. The number of halogens is 1. The van der Waals surface area contributed by atoms with Crippen LogP contribution in [-0.2, 0) is 0 Å². The molecule has 0 amide bonds. The Hall–Kier alpha value is -3.61. The van der Waals surface area contributed by atoms with Gasteiger partial charge in [-0.2, -0.15) is 5.10 Å². The van der Waals surface area contributed by atoms with Crippen molar-refractivity contribution in [1.82, 2.24) is 9.78 Å². The molecule has 0 spiro atoms. The quantitative estimate of drug-likeness (QED) is 0.484. The molecule has 4 rings (SSSR count). The third kappa shape index (κ3) is 3.71. The average Bonchev–Trinajstić information content (AvgIpc) is 3.13. The summed E-state index contributed by atoms with van der Waals surface area (Å²) in [6.45, 7) is 2.73. The second-order valence-corrected chi connectivity index (χ2v) is 6.48. The Morgan fingerprint density at radius 2 is 1.97 bits per heavy atom. The summed E-state index contributed by atoms with van der Waals surface area (Å²) >= 11 is 0. The summed E-state index contributed by atoms with van der Waals surface area (Å²) in [5.74, 6) is 1.19. The zero-order valence-electron chi connectivity index (χ0n) is 16.0. The molecule has 29 heavy (non-hydrogen) atoms. The Balaban J connectivity index is 1.58. The molecular weight excluding hydrogens is 375 g/mol. The zero-order chi connectivity index (χ0) is 20.4. The summed E-state index contributed by atoms with van der Waals surface area (Å²) in [5.41, 5.74) is 2.58. The lowest BCUT2D eigenvalue weighted by Crippen LogP contribution is -2.16. The predicted octanol–water partition coefficient (Wildman–Crippen LogP) is 4.00. The van der Waals surface area contributed by atoms with Crippen LogP contribution in [0, 0.1) is 12.7 Å². The molecule has 0 aliphatic carbocycles. The third-order valence-corrected chi connectivity index (χ3v) is 4.62. The Labute approximate surface area is 167 Å². The molecule has 0 bridgehead atoms. The molecular formula is C22H19FN2O4. The van der Waals surface area contributed by atoms with Gasteiger partial charge >= 0.3 is 0 Å². The second-order valence-electron chi connectivity index (χ2n) is 6.48. The van der Waals surface area contributed by atoms with E-state index in [-0.39, 0.29) is 11.6 Å². The van der Waals surface area contributed by atoms with Crippen molar-refractivity contribution in [2.75, 3.05) is 20.3 Å². The molecule has 3 aromatic rings. The fraction of sp³-hybridized carbons (Fsp3) is 0.182. The van der Waals surface area contributed by atoms with Crippen molar-refractivity contribution in [1.29, 1.82) is 0 Å². The van der Waals surface area contributed by atoms with E-state index in [2.05, 4.69) is 5.10 Å². The fourth-order valence-corrected chi connectivity index (χ4v) is 3.15. The summed E-state index contributed by atoms with van der Waals surface area (Å²) in [6, 6.07) is 9.52. The van der Waals surface area contributed by atoms with Gasteiger partial charge in [-0.05, 0) is 55.0 Å². The van der Waals surface area contributed by atoms with Crippen LogP contribution < -0.4 is 14.2 Å². The molecule has 1 aliphatic rings. The smallest absolute Gasteiger partial charge is 0.203 e. The Bertz CT molecular complexity index is 1070. The van der Waals surface area contributed by atoms with Crippen molar-refractivity contribution >= 4 is 11.9 Å². The number of aromatic nitrogens is 2. The monoisotopic (exact) mass is 394 g/mol. The molecule has 0 N–H and O–H groups in total. The van der Waals surface area contributed by atoms with E-state index in [1.165, 1.54) is 24.4 Å². The number of ketones is 1. The number of rotatable bonds is 5. The summed E-state index contributed by atoms with van der Waals surface area (Å²) in [4.78, 5) is 12.7. The van der Waals surface area contributed by atoms with Gasteiger partial charge in [-0.1, -0.05) is 6.08 Å². The number of ether oxygens (including phenoxy) is 3. The lowest BCUT2D eigenvalue weighted by molar-refractivity contribution is 0.104. The summed E-state index contributed by atoms with van der Waals surface area (Å²) in [5, 5.41) is 4.26. The topological polar surface area (TPSA) is 62.6 Å². The van der Waals surface area contributed by atoms with E-state index < -0.39 is 0 Å². The van der Waals surface area contributed by atoms with Crippen molar-refractivity contribution in [2.45, 2.75) is 6.92 Å². The maximum absolute atomic E-state index is 13.1. The molecule has 1 aromatic heterocycles. The number of benzene rings is 2. The predicted molar refractivity (Wildman–Crippen MR) is 106 cm³/mol. The van der Waals surface area contributed by atoms with Gasteiger partial charge in [0, 0.05) is 0 Å². The molecule has 0 fully saturated rings. The van der Waals surface area contributed by atoms with E-state index >= 15 is 0 Å². The highest BCUT2D eigenvalue weighted by molar-refractivity contribution is 6.07. The second kappa shape index (κ2) is 7.79. The van der Waals surface area contributed by atoms with Gasteiger partial charge in [0.05, 0.1) is 30.3 Å². The number of hydrogen-bond acceptors (Lipinski definition) is 5. The number of nitrogens with zero attached hydrogens (tertiary/aromatic N) is 2. The highest BCUT2D eigenvalue weighted by atomic mass is 19.1. The normalized spacial score (nSPS) is 12.9. The number of hydrogen-bond donors (Lipinski definition) is 0. The van der Waals surface area contributed by atoms with Gasteiger partial charge in [0.25, 0.3) is 0 Å². The number of carbonyl (C=O) groups is 1. The highest BCUT2D eigenvalue weighted by Gasteiger charge is 2.18. The van der Waals surface area contributed by atoms with Crippen molar-refractivity contribution < 1.29 is 23.4 Å². The molecule has 0 radical (unpaired) electrons. The van der Waals surface area contributed by atoms with Crippen LogP contribution in [0.1, 0.15) is 21.6 Å². The number of allylic oxidation sites excluding steroid dienone is 1. The Morgan fingerprint density at radius 1 is 1.21 bits per heavy atom. The number of fused-ring (bicyclic) bond motifs is 1. The van der Waals surface area contributed by atoms with Gasteiger partial charge in [0.2, 0.25) is 5.75 Å². The van der Waals surface area contributed by atoms with Crippen LogP contribution in [0.5, 0.6) is 17.2 Å². The van der Waals surface area contributed by atoms with Crippen LogP contribution in [0.3, 0.4) is 0 Å². The summed E-state index contributed by atoms with van der Waals surface area (Å²) in [7, 11) is 1.55. The van der Waals surface area contributed by atoms with E-state index in [0.29, 0.717) is 47.4 Å². The van der Waals surface area contributed by atoms with E-state index in [9.17, 15) is 9.18 Å². The maximum atomic E-state index is 13.1. The largest absolute Gasteiger partial charge is 0.493 e. The van der Waals surface area contributed by atoms with Crippen molar-refractivity contribution in [3.63, 3.8) is 0 Å². The molecule has 6 nitrogen and oxygen atoms in total. The lowest BCUT2D eigenvalue weighted by atomic mass is 10.1. The highest BCUT2D eigenvalue weighted by Crippen LogP contribution is 2.40. The van der Waals surface area contributed by atoms with E-state index in [0.717, 1.165) is 5.56 Å². The molecule has 0 saturated heterocycles. The minimum Gasteiger partial charge on any atom is -0.493 e. The first kappa shape index (κ1) is 18.7. The van der Waals surface area contributed by atoms with Crippen molar-refractivity contribution in [3.8, 4) is 22.9 Å². The van der Waals surface area contributed by atoms with Gasteiger partial charge in [0.15, 0.2) is 17.3 Å². The summed E-state index contributed by atoms with van der Waals surface area (Å²) < 4.78 is 31.3. The summed E-state index contributed by atoms with van der Waals surface area (Å²) in [6.07, 6.45) is 4.68. The fourth-order valence-electron chi connectivity index (χ4n) is 3.15. The minimum absolute atomic E-state index is 0.190. The molecule has 148 valence electrons. The molecule has 1 aliphatic heterocycles. The average molecular weight is 394 g/mol. The van der Waals surface area contributed by atoms with E-state index in [1.807, 2.05) is 0 Å².